The van der Waals surface area contributed by atoms with Crippen molar-refractivity contribution in [2.45, 2.75) is 6.42 Å². The van der Waals surface area contributed by atoms with Crippen LogP contribution >= 0.6 is 0 Å². The van der Waals surface area contributed by atoms with Gasteiger partial charge in [-0.15, -0.1) is 0 Å². The minimum Gasteiger partial charge on any atom is -0.497 e. The normalized spacial score (nSPS) is 8.50. The molecule has 0 heterocycles. The molecule has 0 aliphatic carbocycles. The van der Waals surface area contributed by atoms with E-state index >= 15 is 0 Å². The highest BCUT2D eigenvalue weighted by atomic mass is 16.5. The molecule has 1 radical (unpaired) electrons. The Labute approximate surface area is 73.4 Å². The van der Waals surface area contributed by atoms with Crippen LogP contribution in [0.15, 0.2) is 24.3 Å². The molecule has 0 spiro atoms. The van der Waals surface area contributed by atoms with Crippen LogP contribution in [0.2, 0.25) is 0 Å². The topological polar surface area (TPSA) is 9.23 Å². The number of ether oxygens (including phenoxy) is 1. The van der Waals surface area contributed by atoms with E-state index in [1.165, 1.54) is 0 Å². The third-order valence-electron chi connectivity index (χ3n) is 1.43. The van der Waals surface area contributed by atoms with E-state index in [4.69, 9.17) is 4.74 Å². The summed E-state index contributed by atoms with van der Waals surface area (Å²) in [6.45, 7) is 3.64. The monoisotopic (exact) mass is 159 g/mol. The second-order valence-electron chi connectivity index (χ2n) is 2.28. The zero-order chi connectivity index (χ0) is 8.81. The molecule has 1 nitrogen and oxygen atoms in total. The smallest absolute Gasteiger partial charge is 0.120 e. The van der Waals surface area contributed by atoms with Gasteiger partial charge >= 0.3 is 0 Å². The fraction of sp³-hybridized carbons (Fsp3) is 0.182. The molecule has 0 aromatic heterocycles. The molecule has 0 N–H and O–H groups in total. The Morgan fingerprint density at radius 3 is 3.00 bits per heavy atom. The van der Waals surface area contributed by atoms with Crippen LogP contribution in [0.25, 0.3) is 0 Å². The first-order valence-electron chi connectivity index (χ1n) is 3.79. The molecule has 12 heavy (non-hydrogen) atoms. The molecule has 0 amide bonds. The summed E-state index contributed by atoms with van der Waals surface area (Å²) in [5.41, 5.74) is 0.970. The van der Waals surface area contributed by atoms with Gasteiger partial charge in [0.15, 0.2) is 0 Å². The lowest BCUT2D eigenvalue weighted by molar-refractivity contribution is 0.414. The molecule has 0 atom stereocenters. The molecule has 0 saturated carbocycles. The molecular formula is C11H11O. The molecule has 1 aromatic carbocycles. The molecule has 0 saturated heterocycles. The highest BCUT2D eigenvalue weighted by molar-refractivity contribution is 5.39. The van der Waals surface area contributed by atoms with Gasteiger partial charge in [0.05, 0.1) is 7.11 Å². The van der Waals surface area contributed by atoms with E-state index in [0.29, 0.717) is 6.42 Å². The van der Waals surface area contributed by atoms with Gasteiger partial charge in [0.1, 0.15) is 5.75 Å². The first-order valence-corrected chi connectivity index (χ1v) is 3.79. The first-order chi connectivity index (χ1) is 5.86. The van der Waals surface area contributed by atoms with E-state index in [0.717, 1.165) is 11.3 Å². The van der Waals surface area contributed by atoms with E-state index < -0.39 is 0 Å². The molecule has 0 fully saturated rings. The number of benzene rings is 1. The highest BCUT2D eigenvalue weighted by Gasteiger charge is 1.89. The Balaban J connectivity index is 2.86. The Kier molecular flexibility index (Phi) is 3.22. The number of hydrogen-bond donors (Lipinski definition) is 0. The average Bonchev–Trinajstić information content (AvgIpc) is 2.15. The zero-order valence-electron chi connectivity index (χ0n) is 7.13. The van der Waals surface area contributed by atoms with E-state index in [9.17, 15) is 0 Å². The highest BCUT2D eigenvalue weighted by Crippen LogP contribution is 2.11. The maximum atomic E-state index is 5.05. The number of methoxy groups -OCH3 is 1. The number of hydrogen-bond acceptors (Lipinski definition) is 1. The largest absolute Gasteiger partial charge is 0.497 e. The second-order valence-corrected chi connectivity index (χ2v) is 2.28. The Bertz CT molecular complexity index is 304. The van der Waals surface area contributed by atoms with Crippen LogP contribution in [-0.2, 0) is 0 Å². The Morgan fingerprint density at radius 1 is 1.50 bits per heavy atom. The lowest BCUT2D eigenvalue weighted by Crippen LogP contribution is -1.82. The van der Waals surface area contributed by atoms with Gasteiger partial charge in [0, 0.05) is 12.0 Å². The summed E-state index contributed by atoms with van der Waals surface area (Å²) < 4.78 is 5.05. The lowest BCUT2D eigenvalue weighted by atomic mass is 10.2. The molecule has 0 aliphatic rings. The van der Waals surface area contributed by atoms with Crippen molar-refractivity contribution >= 4 is 0 Å². The van der Waals surface area contributed by atoms with Crippen molar-refractivity contribution in [3.8, 4) is 17.6 Å². The van der Waals surface area contributed by atoms with Crippen LogP contribution in [0, 0.1) is 18.8 Å². The lowest BCUT2D eigenvalue weighted by Gasteiger charge is -1.97. The van der Waals surface area contributed by atoms with Gasteiger partial charge in [0.2, 0.25) is 0 Å². The van der Waals surface area contributed by atoms with Gasteiger partial charge in [-0.2, -0.15) is 0 Å². The van der Waals surface area contributed by atoms with Crippen molar-refractivity contribution in [2.75, 3.05) is 7.11 Å². The summed E-state index contributed by atoms with van der Waals surface area (Å²) in [7, 11) is 1.65. The quantitative estimate of drug-likeness (QED) is 0.571. The van der Waals surface area contributed by atoms with E-state index in [-0.39, 0.29) is 0 Å². The predicted octanol–water partition coefficient (Wildman–Crippen LogP) is 2.27. The summed E-state index contributed by atoms with van der Waals surface area (Å²) in [6.07, 6.45) is 0.636. The summed E-state index contributed by atoms with van der Waals surface area (Å²) in [4.78, 5) is 0. The van der Waals surface area contributed by atoms with Crippen LogP contribution in [0.4, 0.5) is 0 Å². The van der Waals surface area contributed by atoms with Crippen molar-refractivity contribution < 1.29 is 4.74 Å². The standard InChI is InChI=1S/C11H11O/c1-3-4-6-10-7-5-8-11(9-10)12-2/h5,7-9H,1,3H2,2H3. The minimum absolute atomic E-state index is 0.636. The van der Waals surface area contributed by atoms with Crippen molar-refractivity contribution in [2.24, 2.45) is 0 Å². The summed E-state index contributed by atoms with van der Waals surface area (Å²) >= 11 is 0. The van der Waals surface area contributed by atoms with Crippen LogP contribution in [-0.4, -0.2) is 7.11 Å². The van der Waals surface area contributed by atoms with Gasteiger partial charge < -0.3 is 4.74 Å². The van der Waals surface area contributed by atoms with E-state index in [1.807, 2.05) is 24.3 Å². The first kappa shape index (κ1) is 8.67. The number of rotatable bonds is 1. The van der Waals surface area contributed by atoms with Crippen LogP contribution < -0.4 is 4.74 Å². The fourth-order valence-electron chi connectivity index (χ4n) is 0.865. The van der Waals surface area contributed by atoms with E-state index in [1.54, 1.807) is 7.11 Å². The molecule has 1 aromatic rings. The molecule has 61 valence electrons. The van der Waals surface area contributed by atoms with Crippen LogP contribution in [0.3, 0.4) is 0 Å². The fourth-order valence-corrected chi connectivity index (χ4v) is 0.865. The van der Waals surface area contributed by atoms with Crippen LogP contribution in [0.1, 0.15) is 12.0 Å². The van der Waals surface area contributed by atoms with Crippen molar-refractivity contribution in [1.82, 2.24) is 0 Å². The van der Waals surface area contributed by atoms with E-state index in [2.05, 4.69) is 18.8 Å². The SMILES string of the molecule is [CH2]CC#Cc1cccc(OC)c1. The Hall–Kier alpha value is -1.42. The maximum Gasteiger partial charge on any atom is 0.120 e. The molecule has 0 aliphatic heterocycles. The molecule has 1 rings (SSSR count). The van der Waals surface area contributed by atoms with Crippen molar-refractivity contribution in [3.05, 3.63) is 36.8 Å². The van der Waals surface area contributed by atoms with Gasteiger partial charge in [-0.3, -0.25) is 0 Å². The van der Waals surface area contributed by atoms with Gasteiger partial charge in [0.25, 0.3) is 0 Å². The summed E-state index contributed by atoms with van der Waals surface area (Å²) in [6, 6.07) is 7.68. The van der Waals surface area contributed by atoms with Gasteiger partial charge in [-0.1, -0.05) is 17.9 Å². The predicted molar refractivity (Wildman–Crippen MR) is 49.8 cm³/mol. The minimum atomic E-state index is 0.636. The zero-order valence-corrected chi connectivity index (χ0v) is 7.13. The third-order valence-corrected chi connectivity index (χ3v) is 1.43. The average molecular weight is 159 g/mol. The summed E-state index contributed by atoms with van der Waals surface area (Å²) in [5.74, 6) is 6.71. The van der Waals surface area contributed by atoms with Crippen molar-refractivity contribution in [3.63, 3.8) is 0 Å². The van der Waals surface area contributed by atoms with Crippen LogP contribution in [0.5, 0.6) is 5.75 Å². The Morgan fingerprint density at radius 2 is 2.33 bits per heavy atom. The van der Waals surface area contributed by atoms with Crippen molar-refractivity contribution in [1.29, 1.82) is 0 Å². The second kappa shape index (κ2) is 4.46. The maximum absolute atomic E-state index is 5.05. The third kappa shape index (κ3) is 2.32. The molecular weight excluding hydrogens is 148 g/mol. The molecule has 1 heteroatoms. The molecule has 0 unspecified atom stereocenters. The van der Waals surface area contributed by atoms with Gasteiger partial charge in [-0.25, -0.2) is 0 Å². The van der Waals surface area contributed by atoms with Gasteiger partial charge in [-0.05, 0) is 25.1 Å². The molecule has 0 bridgehead atoms. The summed E-state index contributed by atoms with van der Waals surface area (Å²) in [5, 5.41) is 0.